The van der Waals surface area contributed by atoms with Gasteiger partial charge in [-0.3, -0.25) is 0 Å². The maximum absolute atomic E-state index is 3.45. The monoisotopic (exact) mass is 153 g/mol. The molecule has 1 rings (SSSR count). The van der Waals surface area contributed by atoms with Crippen molar-refractivity contribution in [3.05, 3.63) is 11.6 Å². The van der Waals surface area contributed by atoms with Crippen LogP contribution in [0.5, 0.6) is 0 Å². The van der Waals surface area contributed by atoms with E-state index >= 15 is 0 Å². The minimum atomic E-state index is 0.579. The van der Waals surface area contributed by atoms with Gasteiger partial charge in [-0.15, -0.1) is 0 Å². The van der Waals surface area contributed by atoms with Gasteiger partial charge in [0.2, 0.25) is 0 Å². The Hall–Kier alpha value is -0.300. The van der Waals surface area contributed by atoms with Crippen molar-refractivity contribution in [3.63, 3.8) is 0 Å². The van der Waals surface area contributed by atoms with Crippen molar-refractivity contribution >= 4 is 0 Å². The second-order valence-electron chi connectivity index (χ2n) is 3.74. The highest BCUT2D eigenvalue weighted by atomic mass is 14.9. The first kappa shape index (κ1) is 8.79. The van der Waals surface area contributed by atoms with Gasteiger partial charge >= 0.3 is 0 Å². The predicted molar refractivity (Wildman–Crippen MR) is 49.6 cm³/mol. The molecule has 0 saturated carbocycles. The van der Waals surface area contributed by atoms with Crippen LogP contribution in [0.1, 0.15) is 33.6 Å². The molecule has 1 N–H and O–H groups in total. The highest BCUT2D eigenvalue weighted by molar-refractivity contribution is 5.10. The summed E-state index contributed by atoms with van der Waals surface area (Å²) in [6.07, 6.45) is 4.97. The Kier molecular flexibility index (Phi) is 3.13. The quantitative estimate of drug-likeness (QED) is 0.570. The van der Waals surface area contributed by atoms with E-state index < -0.39 is 0 Å². The molecule has 0 spiro atoms. The summed E-state index contributed by atoms with van der Waals surface area (Å²) in [6.45, 7) is 7.97. The van der Waals surface area contributed by atoms with E-state index in [1.54, 1.807) is 5.57 Å². The largest absolute Gasteiger partial charge is 0.311 e. The van der Waals surface area contributed by atoms with E-state index in [9.17, 15) is 0 Å². The molecule has 1 nitrogen and oxygen atoms in total. The number of nitrogens with one attached hydrogen (secondary N) is 1. The van der Waals surface area contributed by atoms with Gasteiger partial charge in [-0.05, 0) is 32.2 Å². The Morgan fingerprint density at radius 3 is 2.91 bits per heavy atom. The SMILES string of the molecule is CC1C=C(C(C)C)CCCN1. The average Bonchev–Trinajstić information content (AvgIpc) is 2.13. The average molecular weight is 153 g/mol. The summed E-state index contributed by atoms with van der Waals surface area (Å²) >= 11 is 0. The fourth-order valence-corrected chi connectivity index (χ4v) is 1.57. The highest BCUT2D eigenvalue weighted by Crippen LogP contribution is 2.18. The maximum Gasteiger partial charge on any atom is 0.0224 e. The number of allylic oxidation sites excluding steroid dienone is 1. The van der Waals surface area contributed by atoms with Crippen LogP contribution in [0.2, 0.25) is 0 Å². The summed E-state index contributed by atoms with van der Waals surface area (Å²) in [5.74, 6) is 0.734. The Balaban J connectivity index is 2.59. The molecular formula is C10H19N. The van der Waals surface area contributed by atoms with E-state index in [1.807, 2.05) is 0 Å². The molecule has 1 aliphatic heterocycles. The van der Waals surface area contributed by atoms with Crippen LogP contribution >= 0.6 is 0 Å². The summed E-state index contributed by atoms with van der Waals surface area (Å²) in [5, 5.41) is 3.45. The number of rotatable bonds is 1. The van der Waals surface area contributed by atoms with Gasteiger partial charge in [-0.1, -0.05) is 25.5 Å². The zero-order valence-corrected chi connectivity index (χ0v) is 7.85. The van der Waals surface area contributed by atoms with Gasteiger partial charge in [-0.2, -0.15) is 0 Å². The topological polar surface area (TPSA) is 12.0 Å². The van der Waals surface area contributed by atoms with Crippen molar-refractivity contribution in [2.75, 3.05) is 6.54 Å². The van der Waals surface area contributed by atoms with Crippen molar-refractivity contribution in [2.24, 2.45) is 5.92 Å². The Morgan fingerprint density at radius 2 is 2.27 bits per heavy atom. The summed E-state index contributed by atoms with van der Waals surface area (Å²) in [6, 6.07) is 0.579. The Bertz CT molecular complexity index is 147. The summed E-state index contributed by atoms with van der Waals surface area (Å²) in [7, 11) is 0. The molecule has 0 aromatic carbocycles. The third-order valence-electron chi connectivity index (χ3n) is 2.31. The van der Waals surface area contributed by atoms with Crippen LogP contribution in [0.4, 0.5) is 0 Å². The lowest BCUT2D eigenvalue weighted by Crippen LogP contribution is -2.23. The Labute approximate surface area is 69.9 Å². The zero-order chi connectivity index (χ0) is 8.27. The van der Waals surface area contributed by atoms with Crippen LogP contribution in [0.15, 0.2) is 11.6 Å². The van der Waals surface area contributed by atoms with E-state index in [4.69, 9.17) is 0 Å². The van der Waals surface area contributed by atoms with Crippen molar-refractivity contribution in [2.45, 2.75) is 39.7 Å². The molecule has 0 aromatic rings. The second-order valence-corrected chi connectivity index (χ2v) is 3.74. The first-order valence-corrected chi connectivity index (χ1v) is 4.64. The molecular weight excluding hydrogens is 134 g/mol. The van der Waals surface area contributed by atoms with Gasteiger partial charge < -0.3 is 5.32 Å². The lowest BCUT2D eigenvalue weighted by molar-refractivity contribution is 0.624. The van der Waals surface area contributed by atoms with E-state index in [0.717, 1.165) is 5.92 Å². The van der Waals surface area contributed by atoms with Crippen LogP contribution in [0, 0.1) is 5.92 Å². The van der Waals surface area contributed by atoms with E-state index in [0.29, 0.717) is 6.04 Å². The molecule has 1 unspecified atom stereocenters. The van der Waals surface area contributed by atoms with Gasteiger partial charge in [0.15, 0.2) is 0 Å². The van der Waals surface area contributed by atoms with Crippen LogP contribution < -0.4 is 5.32 Å². The molecule has 11 heavy (non-hydrogen) atoms. The molecule has 0 radical (unpaired) electrons. The van der Waals surface area contributed by atoms with Gasteiger partial charge in [-0.25, -0.2) is 0 Å². The minimum Gasteiger partial charge on any atom is -0.311 e. The highest BCUT2D eigenvalue weighted by Gasteiger charge is 2.09. The molecule has 0 bridgehead atoms. The molecule has 0 aliphatic carbocycles. The standard InChI is InChI=1S/C10H19N/c1-8(2)10-5-4-6-11-9(3)7-10/h7-9,11H,4-6H2,1-3H3. The van der Waals surface area contributed by atoms with E-state index in [-0.39, 0.29) is 0 Å². The molecule has 0 saturated heterocycles. The van der Waals surface area contributed by atoms with Crippen molar-refractivity contribution in [1.82, 2.24) is 5.32 Å². The van der Waals surface area contributed by atoms with Crippen LogP contribution in [-0.2, 0) is 0 Å². The van der Waals surface area contributed by atoms with Crippen LogP contribution in [0.25, 0.3) is 0 Å². The summed E-state index contributed by atoms with van der Waals surface area (Å²) < 4.78 is 0. The molecule has 0 fully saturated rings. The molecule has 1 aliphatic rings. The van der Waals surface area contributed by atoms with Crippen molar-refractivity contribution < 1.29 is 0 Å². The third kappa shape index (κ3) is 2.66. The first-order valence-electron chi connectivity index (χ1n) is 4.64. The number of hydrogen-bond donors (Lipinski definition) is 1. The number of hydrogen-bond acceptors (Lipinski definition) is 1. The maximum atomic E-state index is 3.45. The van der Waals surface area contributed by atoms with Crippen molar-refractivity contribution in [1.29, 1.82) is 0 Å². The zero-order valence-electron chi connectivity index (χ0n) is 7.85. The van der Waals surface area contributed by atoms with Gasteiger partial charge in [0, 0.05) is 6.04 Å². The van der Waals surface area contributed by atoms with Gasteiger partial charge in [0.25, 0.3) is 0 Å². The lowest BCUT2D eigenvalue weighted by atomic mass is 9.98. The molecule has 64 valence electrons. The first-order chi connectivity index (χ1) is 5.20. The lowest BCUT2D eigenvalue weighted by Gasteiger charge is -2.09. The molecule has 1 atom stereocenters. The fourth-order valence-electron chi connectivity index (χ4n) is 1.57. The second kappa shape index (κ2) is 3.91. The molecule has 1 heterocycles. The van der Waals surface area contributed by atoms with Crippen LogP contribution in [0.3, 0.4) is 0 Å². The van der Waals surface area contributed by atoms with Gasteiger partial charge in [0.1, 0.15) is 0 Å². The normalized spacial score (nSPS) is 26.5. The summed E-state index contributed by atoms with van der Waals surface area (Å²) in [4.78, 5) is 0. The summed E-state index contributed by atoms with van der Waals surface area (Å²) in [5.41, 5.74) is 1.63. The third-order valence-corrected chi connectivity index (χ3v) is 2.31. The van der Waals surface area contributed by atoms with E-state index in [1.165, 1.54) is 19.4 Å². The van der Waals surface area contributed by atoms with Crippen molar-refractivity contribution in [3.8, 4) is 0 Å². The fraction of sp³-hybridized carbons (Fsp3) is 0.800. The van der Waals surface area contributed by atoms with Crippen LogP contribution in [-0.4, -0.2) is 12.6 Å². The van der Waals surface area contributed by atoms with E-state index in [2.05, 4.69) is 32.2 Å². The minimum absolute atomic E-state index is 0.579. The Morgan fingerprint density at radius 1 is 1.55 bits per heavy atom. The predicted octanol–water partition coefficient (Wildman–Crippen LogP) is 2.34. The molecule has 0 aromatic heterocycles. The van der Waals surface area contributed by atoms with Gasteiger partial charge in [0.05, 0.1) is 0 Å². The molecule has 1 heteroatoms. The molecule has 0 amide bonds. The smallest absolute Gasteiger partial charge is 0.0224 e.